The van der Waals surface area contributed by atoms with Gasteiger partial charge in [0.1, 0.15) is 6.10 Å². The molecule has 0 saturated heterocycles. The third-order valence-corrected chi connectivity index (χ3v) is 6.73. The van der Waals surface area contributed by atoms with E-state index in [1.165, 1.54) is 6.42 Å². The smallest absolute Gasteiger partial charge is 0.338 e. The van der Waals surface area contributed by atoms with Crippen LogP contribution in [-0.4, -0.2) is 37.6 Å². The van der Waals surface area contributed by atoms with Gasteiger partial charge in [-0.3, -0.25) is 0 Å². The number of nitrogens with zero attached hydrogens (tertiary/aromatic N) is 1. The standard InChI is InChI=1S/C20H29NO2.ClH/c1-19(2)16-11-12-20(19,3)17(15(16)13-21(4)5)23-18(22)14-9-7-6-8-10-14;/h6-10,15-17H,11-13H2,1-5H3;1H. The summed E-state index contributed by atoms with van der Waals surface area (Å²) in [6.45, 7) is 8.04. The molecule has 4 atom stereocenters. The van der Waals surface area contributed by atoms with E-state index in [0.29, 0.717) is 17.4 Å². The molecule has 2 bridgehead atoms. The first-order valence-electron chi connectivity index (χ1n) is 8.68. The van der Waals surface area contributed by atoms with Crippen LogP contribution in [0.5, 0.6) is 0 Å². The number of fused-ring (bicyclic) bond motifs is 2. The van der Waals surface area contributed by atoms with Crippen molar-refractivity contribution in [2.45, 2.75) is 39.7 Å². The van der Waals surface area contributed by atoms with Gasteiger partial charge in [0.05, 0.1) is 5.56 Å². The van der Waals surface area contributed by atoms with E-state index in [1.54, 1.807) is 0 Å². The van der Waals surface area contributed by atoms with Crippen LogP contribution < -0.4 is 0 Å². The number of ether oxygens (including phenoxy) is 1. The summed E-state index contributed by atoms with van der Waals surface area (Å²) in [5.41, 5.74) is 0.943. The normalized spacial score (nSPS) is 33.3. The van der Waals surface area contributed by atoms with Crippen molar-refractivity contribution in [3.05, 3.63) is 35.9 Å². The van der Waals surface area contributed by atoms with Crippen LogP contribution in [0.2, 0.25) is 0 Å². The minimum Gasteiger partial charge on any atom is -0.458 e. The van der Waals surface area contributed by atoms with Gasteiger partial charge in [-0.1, -0.05) is 39.0 Å². The van der Waals surface area contributed by atoms with E-state index in [-0.39, 0.29) is 35.3 Å². The SMILES string of the molecule is CN(C)CC1C2CCC(C)(C1OC(=O)c1ccccc1)C2(C)C.Cl. The molecule has 2 aliphatic rings. The van der Waals surface area contributed by atoms with Crippen LogP contribution in [0.4, 0.5) is 0 Å². The Morgan fingerprint density at radius 2 is 1.83 bits per heavy atom. The van der Waals surface area contributed by atoms with Crippen LogP contribution in [0.3, 0.4) is 0 Å². The van der Waals surface area contributed by atoms with E-state index in [4.69, 9.17) is 4.74 Å². The molecule has 2 fully saturated rings. The van der Waals surface area contributed by atoms with Gasteiger partial charge in [-0.2, -0.15) is 0 Å². The van der Waals surface area contributed by atoms with Gasteiger partial charge in [0, 0.05) is 17.9 Å². The van der Waals surface area contributed by atoms with Gasteiger partial charge in [0.15, 0.2) is 0 Å². The molecular weight excluding hydrogens is 322 g/mol. The summed E-state index contributed by atoms with van der Waals surface area (Å²) in [4.78, 5) is 14.9. The van der Waals surface area contributed by atoms with Crippen molar-refractivity contribution in [3.63, 3.8) is 0 Å². The summed E-state index contributed by atoms with van der Waals surface area (Å²) < 4.78 is 6.12. The number of hydrogen-bond donors (Lipinski definition) is 0. The molecule has 24 heavy (non-hydrogen) atoms. The fraction of sp³-hybridized carbons (Fsp3) is 0.650. The van der Waals surface area contributed by atoms with Gasteiger partial charge in [-0.05, 0) is 50.4 Å². The maximum absolute atomic E-state index is 12.6. The van der Waals surface area contributed by atoms with Gasteiger partial charge in [-0.25, -0.2) is 4.79 Å². The molecule has 0 N–H and O–H groups in total. The van der Waals surface area contributed by atoms with Gasteiger partial charge in [-0.15, -0.1) is 12.4 Å². The second-order valence-corrected chi connectivity index (χ2v) is 8.40. The molecular formula is C20H30ClNO2. The number of carbonyl (C=O) groups excluding carboxylic acids is 1. The second-order valence-electron chi connectivity index (χ2n) is 8.40. The van der Waals surface area contributed by atoms with Gasteiger partial charge in [0.25, 0.3) is 0 Å². The molecule has 0 spiro atoms. The highest BCUT2D eigenvalue weighted by molar-refractivity contribution is 5.89. The molecule has 4 heteroatoms. The van der Waals surface area contributed by atoms with Crippen molar-refractivity contribution in [2.75, 3.05) is 20.6 Å². The minimum atomic E-state index is -0.177. The molecule has 4 unspecified atom stereocenters. The Morgan fingerprint density at radius 3 is 2.42 bits per heavy atom. The zero-order valence-electron chi connectivity index (χ0n) is 15.4. The van der Waals surface area contributed by atoms with E-state index in [0.717, 1.165) is 13.0 Å². The van der Waals surface area contributed by atoms with E-state index >= 15 is 0 Å². The van der Waals surface area contributed by atoms with Crippen LogP contribution in [0.1, 0.15) is 44.0 Å². The van der Waals surface area contributed by atoms with Gasteiger partial charge >= 0.3 is 5.97 Å². The van der Waals surface area contributed by atoms with E-state index in [1.807, 2.05) is 30.3 Å². The molecule has 134 valence electrons. The van der Waals surface area contributed by atoms with Crippen molar-refractivity contribution in [2.24, 2.45) is 22.7 Å². The highest BCUT2D eigenvalue weighted by Crippen LogP contribution is 2.68. The van der Waals surface area contributed by atoms with E-state index in [2.05, 4.69) is 39.8 Å². The average molecular weight is 352 g/mol. The zero-order chi connectivity index (χ0) is 16.8. The van der Waals surface area contributed by atoms with E-state index in [9.17, 15) is 4.79 Å². The van der Waals surface area contributed by atoms with Crippen LogP contribution in [-0.2, 0) is 4.74 Å². The van der Waals surface area contributed by atoms with Crippen molar-refractivity contribution in [3.8, 4) is 0 Å². The lowest BCUT2D eigenvalue weighted by Gasteiger charge is -2.40. The highest BCUT2D eigenvalue weighted by Gasteiger charge is 2.67. The fourth-order valence-corrected chi connectivity index (χ4v) is 5.12. The lowest BCUT2D eigenvalue weighted by Crippen LogP contribution is -2.43. The van der Waals surface area contributed by atoms with Crippen molar-refractivity contribution >= 4 is 18.4 Å². The molecule has 2 saturated carbocycles. The summed E-state index contributed by atoms with van der Waals surface area (Å²) in [5, 5.41) is 0. The Labute approximate surface area is 152 Å². The van der Waals surface area contributed by atoms with Gasteiger partial charge < -0.3 is 9.64 Å². The van der Waals surface area contributed by atoms with Crippen LogP contribution in [0.15, 0.2) is 30.3 Å². The molecule has 0 amide bonds. The molecule has 0 radical (unpaired) electrons. The summed E-state index contributed by atoms with van der Waals surface area (Å²) >= 11 is 0. The molecule has 1 aromatic rings. The summed E-state index contributed by atoms with van der Waals surface area (Å²) in [7, 11) is 4.22. The first kappa shape index (κ1) is 19.3. The highest BCUT2D eigenvalue weighted by atomic mass is 35.5. The van der Waals surface area contributed by atoms with Crippen LogP contribution >= 0.6 is 12.4 Å². The van der Waals surface area contributed by atoms with E-state index < -0.39 is 0 Å². The number of esters is 1. The number of benzene rings is 1. The molecule has 0 aromatic heterocycles. The maximum Gasteiger partial charge on any atom is 0.338 e. The predicted molar refractivity (Wildman–Crippen MR) is 99.5 cm³/mol. The summed E-state index contributed by atoms with van der Waals surface area (Å²) in [6, 6.07) is 9.38. The van der Waals surface area contributed by atoms with Crippen LogP contribution in [0.25, 0.3) is 0 Å². The molecule has 1 aromatic carbocycles. The topological polar surface area (TPSA) is 29.5 Å². The predicted octanol–water partition coefficient (Wildman–Crippen LogP) is 4.27. The third-order valence-electron chi connectivity index (χ3n) is 6.73. The third kappa shape index (κ3) is 2.86. The minimum absolute atomic E-state index is 0. The Kier molecular flexibility index (Phi) is 5.37. The monoisotopic (exact) mass is 351 g/mol. The lowest BCUT2D eigenvalue weighted by atomic mass is 9.70. The Hall–Kier alpha value is -1.06. The Balaban J connectivity index is 0.00000208. The largest absolute Gasteiger partial charge is 0.458 e. The van der Waals surface area contributed by atoms with Gasteiger partial charge in [0.2, 0.25) is 0 Å². The number of carbonyl (C=O) groups is 1. The summed E-state index contributed by atoms with van der Waals surface area (Å²) in [6.07, 6.45) is 2.41. The lowest BCUT2D eigenvalue weighted by molar-refractivity contribution is -0.0442. The molecule has 0 aliphatic heterocycles. The number of rotatable bonds is 4. The second kappa shape index (κ2) is 6.68. The summed E-state index contributed by atoms with van der Waals surface area (Å²) in [5.74, 6) is 0.874. The quantitative estimate of drug-likeness (QED) is 0.759. The van der Waals surface area contributed by atoms with Crippen molar-refractivity contribution < 1.29 is 9.53 Å². The number of hydrogen-bond acceptors (Lipinski definition) is 3. The fourth-order valence-electron chi connectivity index (χ4n) is 5.12. The Bertz CT molecular complexity index is 587. The molecule has 2 aliphatic carbocycles. The van der Waals surface area contributed by atoms with Crippen LogP contribution in [0, 0.1) is 22.7 Å². The Morgan fingerprint density at radius 1 is 1.21 bits per heavy atom. The first-order valence-corrected chi connectivity index (χ1v) is 8.68. The average Bonchev–Trinajstić information content (AvgIpc) is 2.81. The number of halogens is 1. The first-order chi connectivity index (χ1) is 10.8. The molecule has 3 rings (SSSR count). The zero-order valence-corrected chi connectivity index (χ0v) is 16.2. The van der Waals surface area contributed by atoms with Crippen molar-refractivity contribution in [1.29, 1.82) is 0 Å². The van der Waals surface area contributed by atoms with Crippen molar-refractivity contribution in [1.82, 2.24) is 4.90 Å². The maximum atomic E-state index is 12.6. The molecule has 3 nitrogen and oxygen atoms in total. The molecule has 0 heterocycles.